The van der Waals surface area contributed by atoms with Gasteiger partial charge in [0.2, 0.25) is 5.91 Å². The quantitative estimate of drug-likeness (QED) is 0.663. The maximum absolute atomic E-state index is 11.2. The Hall–Kier alpha value is -0.570. The van der Waals surface area contributed by atoms with Gasteiger partial charge >= 0.3 is 0 Å². The smallest absolute Gasteiger partial charge is 0.221 e. The summed E-state index contributed by atoms with van der Waals surface area (Å²) in [5.41, 5.74) is 0.356. The molecule has 1 unspecified atom stereocenters. The molecule has 1 saturated carbocycles. The largest absolute Gasteiger partial charge is 0.356 e. The molecule has 0 bridgehead atoms. The van der Waals surface area contributed by atoms with Gasteiger partial charge in [0, 0.05) is 24.5 Å². The van der Waals surface area contributed by atoms with Crippen molar-refractivity contribution >= 4 is 5.91 Å². The van der Waals surface area contributed by atoms with Crippen molar-refractivity contribution in [1.29, 1.82) is 0 Å². The molecule has 1 aliphatic carbocycles. The second-order valence-corrected chi connectivity index (χ2v) is 4.60. The molecule has 2 aliphatic rings. The van der Waals surface area contributed by atoms with Crippen molar-refractivity contribution in [2.24, 2.45) is 0 Å². The molecular weight excluding hydrogens is 164 g/mol. The number of amides is 1. The van der Waals surface area contributed by atoms with Gasteiger partial charge in [-0.3, -0.25) is 4.79 Å². The number of hydrogen-bond donors (Lipinski definition) is 2. The number of carbonyl (C=O) groups is 1. The highest BCUT2D eigenvalue weighted by Gasteiger charge is 2.39. The third-order valence-corrected chi connectivity index (χ3v) is 3.04. The Bertz CT molecular complexity index is 211. The van der Waals surface area contributed by atoms with Gasteiger partial charge in [0.1, 0.15) is 0 Å². The lowest BCUT2D eigenvalue weighted by Crippen LogP contribution is -2.39. The van der Waals surface area contributed by atoms with Crippen LogP contribution in [0.1, 0.15) is 39.0 Å². The summed E-state index contributed by atoms with van der Waals surface area (Å²) in [5, 5.41) is 6.48. The predicted molar refractivity (Wildman–Crippen MR) is 51.4 cm³/mol. The van der Waals surface area contributed by atoms with Gasteiger partial charge in [-0.05, 0) is 32.6 Å². The molecule has 0 aromatic rings. The van der Waals surface area contributed by atoms with E-state index in [4.69, 9.17) is 0 Å². The SMILES string of the molecule is CC1(NC2CCCNC(=O)C2)CC1. The molecular formula is C10H18N2O. The van der Waals surface area contributed by atoms with Crippen LogP contribution >= 0.6 is 0 Å². The molecule has 3 heteroatoms. The highest BCUT2D eigenvalue weighted by Crippen LogP contribution is 2.35. The predicted octanol–water partition coefficient (Wildman–Crippen LogP) is 0.797. The van der Waals surface area contributed by atoms with E-state index >= 15 is 0 Å². The van der Waals surface area contributed by atoms with Crippen molar-refractivity contribution in [2.75, 3.05) is 6.54 Å². The Labute approximate surface area is 79.3 Å². The van der Waals surface area contributed by atoms with Crippen LogP contribution in [0.5, 0.6) is 0 Å². The van der Waals surface area contributed by atoms with Crippen LogP contribution < -0.4 is 10.6 Å². The molecule has 0 aromatic carbocycles. The summed E-state index contributed by atoms with van der Waals surface area (Å²) >= 11 is 0. The van der Waals surface area contributed by atoms with Crippen LogP contribution in [0.25, 0.3) is 0 Å². The topological polar surface area (TPSA) is 41.1 Å². The van der Waals surface area contributed by atoms with Crippen molar-refractivity contribution < 1.29 is 4.79 Å². The molecule has 1 amide bonds. The first kappa shape index (κ1) is 9.00. The third-order valence-electron chi connectivity index (χ3n) is 3.04. The van der Waals surface area contributed by atoms with E-state index in [1.54, 1.807) is 0 Å². The van der Waals surface area contributed by atoms with E-state index in [9.17, 15) is 4.79 Å². The molecule has 1 heterocycles. The number of carbonyl (C=O) groups excluding carboxylic acids is 1. The molecule has 74 valence electrons. The van der Waals surface area contributed by atoms with Gasteiger partial charge in [-0.25, -0.2) is 0 Å². The van der Waals surface area contributed by atoms with E-state index < -0.39 is 0 Å². The second-order valence-electron chi connectivity index (χ2n) is 4.60. The summed E-state index contributed by atoms with van der Waals surface area (Å²) in [6, 6.07) is 0.412. The van der Waals surface area contributed by atoms with Gasteiger partial charge in [0.25, 0.3) is 0 Å². The van der Waals surface area contributed by atoms with Crippen LogP contribution in [0, 0.1) is 0 Å². The maximum Gasteiger partial charge on any atom is 0.221 e. The maximum atomic E-state index is 11.2. The summed E-state index contributed by atoms with van der Waals surface area (Å²) < 4.78 is 0. The number of hydrogen-bond acceptors (Lipinski definition) is 2. The van der Waals surface area contributed by atoms with E-state index in [0.29, 0.717) is 18.0 Å². The Morgan fingerprint density at radius 1 is 1.54 bits per heavy atom. The lowest BCUT2D eigenvalue weighted by atomic mass is 10.1. The standard InChI is InChI=1S/C10H18N2O/c1-10(4-5-10)12-8-3-2-6-11-9(13)7-8/h8,12H,2-7H2,1H3,(H,11,13). The lowest BCUT2D eigenvalue weighted by Gasteiger charge is -2.20. The highest BCUT2D eigenvalue weighted by atomic mass is 16.1. The van der Waals surface area contributed by atoms with E-state index in [1.165, 1.54) is 12.8 Å². The zero-order valence-electron chi connectivity index (χ0n) is 8.23. The average molecular weight is 182 g/mol. The molecule has 3 nitrogen and oxygen atoms in total. The molecule has 1 atom stereocenters. The van der Waals surface area contributed by atoms with Crippen LogP contribution in [0.4, 0.5) is 0 Å². The molecule has 1 aliphatic heterocycles. The van der Waals surface area contributed by atoms with Gasteiger partial charge in [-0.2, -0.15) is 0 Å². The van der Waals surface area contributed by atoms with Crippen molar-refractivity contribution in [3.63, 3.8) is 0 Å². The summed E-state index contributed by atoms with van der Waals surface area (Å²) in [5.74, 6) is 0.208. The monoisotopic (exact) mass is 182 g/mol. The third kappa shape index (κ3) is 2.44. The fourth-order valence-corrected chi connectivity index (χ4v) is 1.92. The van der Waals surface area contributed by atoms with Crippen molar-refractivity contribution in [3.05, 3.63) is 0 Å². The second kappa shape index (κ2) is 3.29. The van der Waals surface area contributed by atoms with Crippen molar-refractivity contribution in [1.82, 2.24) is 10.6 Å². The van der Waals surface area contributed by atoms with Crippen molar-refractivity contribution in [3.8, 4) is 0 Å². The van der Waals surface area contributed by atoms with Crippen LogP contribution in [0.15, 0.2) is 0 Å². The summed E-state index contributed by atoms with van der Waals surface area (Å²) in [6.07, 6.45) is 5.44. The average Bonchev–Trinajstić information content (AvgIpc) is 2.79. The molecule has 13 heavy (non-hydrogen) atoms. The van der Waals surface area contributed by atoms with Crippen LogP contribution in [-0.4, -0.2) is 24.0 Å². The Morgan fingerprint density at radius 2 is 2.31 bits per heavy atom. The fraction of sp³-hybridized carbons (Fsp3) is 0.900. The first-order chi connectivity index (χ1) is 6.18. The first-order valence-corrected chi connectivity index (χ1v) is 5.22. The van der Waals surface area contributed by atoms with E-state index in [0.717, 1.165) is 19.4 Å². The van der Waals surface area contributed by atoms with Gasteiger partial charge in [0.15, 0.2) is 0 Å². The number of rotatable bonds is 2. The van der Waals surface area contributed by atoms with E-state index in [2.05, 4.69) is 17.6 Å². The Morgan fingerprint density at radius 3 is 3.00 bits per heavy atom. The minimum atomic E-state index is 0.208. The Kier molecular flexibility index (Phi) is 2.28. The first-order valence-electron chi connectivity index (χ1n) is 5.22. The zero-order chi connectivity index (χ0) is 9.31. The molecule has 2 fully saturated rings. The van der Waals surface area contributed by atoms with E-state index in [-0.39, 0.29) is 5.91 Å². The lowest BCUT2D eigenvalue weighted by molar-refractivity contribution is -0.121. The molecule has 2 N–H and O–H groups in total. The molecule has 0 aromatic heterocycles. The van der Waals surface area contributed by atoms with Gasteiger partial charge < -0.3 is 10.6 Å². The number of nitrogens with one attached hydrogen (secondary N) is 2. The molecule has 2 rings (SSSR count). The molecule has 0 radical (unpaired) electrons. The minimum Gasteiger partial charge on any atom is -0.356 e. The molecule has 0 spiro atoms. The van der Waals surface area contributed by atoms with E-state index in [1.807, 2.05) is 0 Å². The van der Waals surface area contributed by atoms with Crippen LogP contribution in [0.3, 0.4) is 0 Å². The summed E-state index contributed by atoms with van der Waals surface area (Å²) in [4.78, 5) is 11.2. The molecule has 1 saturated heterocycles. The normalized spacial score (nSPS) is 32.1. The highest BCUT2D eigenvalue weighted by molar-refractivity contribution is 5.76. The Balaban J connectivity index is 1.86. The van der Waals surface area contributed by atoms with Crippen LogP contribution in [-0.2, 0) is 4.79 Å². The van der Waals surface area contributed by atoms with Gasteiger partial charge in [-0.1, -0.05) is 0 Å². The van der Waals surface area contributed by atoms with Crippen molar-refractivity contribution in [2.45, 2.75) is 50.6 Å². The van der Waals surface area contributed by atoms with Gasteiger partial charge in [-0.15, -0.1) is 0 Å². The fourth-order valence-electron chi connectivity index (χ4n) is 1.92. The summed E-state index contributed by atoms with van der Waals surface area (Å²) in [7, 11) is 0. The van der Waals surface area contributed by atoms with Crippen LogP contribution in [0.2, 0.25) is 0 Å². The summed E-state index contributed by atoms with van der Waals surface area (Å²) in [6.45, 7) is 3.10. The zero-order valence-corrected chi connectivity index (χ0v) is 8.23. The minimum absolute atomic E-state index is 0.208. The van der Waals surface area contributed by atoms with Gasteiger partial charge in [0.05, 0.1) is 0 Å².